The second kappa shape index (κ2) is 9.80. The first kappa shape index (κ1) is 24.9. The van der Waals surface area contributed by atoms with Gasteiger partial charge in [-0.25, -0.2) is 9.36 Å². The van der Waals surface area contributed by atoms with Gasteiger partial charge in [-0.3, -0.25) is 9.59 Å². The van der Waals surface area contributed by atoms with E-state index >= 15 is 0 Å². The van der Waals surface area contributed by atoms with Gasteiger partial charge in [-0.2, -0.15) is 23.4 Å². The van der Waals surface area contributed by atoms with Crippen LogP contribution in [0.1, 0.15) is 38.7 Å². The third-order valence-corrected chi connectivity index (χ3v) is 5.65. The second-order valence-electron chi connectivity index (χ2n) is 8.44. The van der Waals surface area contributed by atoms with Crippen molar-refractivity contribution >= 4 is 5.91 Å². The van der Waals surface area contributed by atoms with Gasteiger partial charge in [0.25, 0.3) is 5.91 Å². The van der Waals surface area contributed by atoms with Crippen LogP contribution in [0.3, 0.4) is 0 Å². The first-order valence-corrected chi connectivity index (χ1v) is 11.2. The lowest BCUT2D eigenvalue weighted by Gasteiger charge is -2.16. The fourth-order valence-electron chi connectivity index (χ4n) is 3.94. The van der Waals surface area contributed by atoms with Gasteiger partial charge in [0.05, 0.1) is 22.6 Å². The number of amides is 1. The molecule has 2 aromatic carbocycles. The number of aromatic nitrogens is 4. The van der Waals surface area contributed by atoms with E-state index in [0.29, 0.717) is 6.42 Å². The lowest BCUT2D eigenvalue weighted by molar-refractivity contribution is -0.137. The van der Waals surface area contributed by atoms with Crippen LogP contribution < -0.4 is 10.7 Å². The normalized spacial score (nSPS) is 11.5. The molecule has 0 aliphatic heterocycles. The third kappa shape index (κ3) is 5.22. The van der Waals surface area contributed by atoms with E-state index in [2.05, 4.69) is 15.5 Å². The molecule has 0 aliphatic carbocycles. The molecule has 4 rings (SSSR count). The summed E-state index contributed by atoms with van der Waals surface area (Å²) in [6.07, 6.45) is -4.14. The summed E-state index contributed by atoms with van der Waals surface area (Å²) in [6.45, 7) is 5.57. The largest absolute Gasteiger partial charge is 0.418 e. The van der Waals surface area contributed by atoms with Gasteiger partial charge in [0.15, 0.2) is 5.69 Å². The molecule has 36 heavy (non-hydrogen) atoms. The molecule has 1 N–H and O–H groups in total. The molecule has 7 nitrogen and oxygen atoms in total. The molecule has 186 valence electrons. The highest BCUT2D eigenvalue weighted by Crippen LogP contribution is 2.33. The van der Waals surface area contributed by atoms with Crippen molar-refractivity contribution in [1.82, 2.24) is 24.9 Å². The number of rotatable bonds is 6. The molecule has 10 heteroatoms. The summed E-state index contributed by atoms with van der Waals surface area (Å²) in [7, 11) is 0. The molecule has 0 saturated heterocycles. The summed E-state index contributed by atoms with van der Waals surface area (Å²) >= 11 is 0. The Bertz CT molecular complexity index is 1470. The fraction of sp³-hybridized carbons (Fsp3) is 0.231. The van der Waals surface area contributed by atoms with Crippen LogP contribution in [0.25, 0.3) is 11.4 Å². The van der Waals surface area contributed by atoms with Crippen molar-refractivity contribution in [3.8, 4) is 11.4 Å². The van der Waals surface area contributed by atoms with Gasteiger partial charge < -0.3 is 5.32 Å². The van der Waals surface area contributed by atoms with E-state index < -0.39 is 28.8 Å². The van der Waals surface area contributed by atoms with Crippen molar-refractivity contribution in [2.75, 3.05) is 6.54 Å². The number of halogens is 3. The molecule has 4 aromatic rings. The smallest absolute Gasteiger partial charge is 0.350 e. The number of nitrogens with one attached hydrogen (secondary N) is 1. The number of alkyl halides is 3. The Hall–Kier alpha value is -4.21. The topological polar surface area (TPSA) is 81.8 Å². The van der Waals surface area contributed by atoms with Gasteiger partial charge in [-0.15, -0.1) is 0 Å². The molecule has 0 atom stereocenters. The third-order valence-electron chi connectivity index (χ3n) is 5.65. The zero-order chi connectivity index (χ0) is 26.0. The maximum atomic E-state index is 13.5. The summed E-state index contributed by atoms with van der Waals surface area (Å²) in [5.41, 5.74) is 1.66. The van der Waals surface area contributed by atoms with Crippen LogP contribution in [0.15, 0.2) is 65.5 Å². The van der Waals surface area contributed by atoms with Crippen molar-refractivity contribution in [3.05, 3.63) is 105 Å². The molecule has 0 saturated carbocycles. The predicted octanol–water partition coefficient (Wildman–Crippen LogP) is 4.33. The zero-order valence-corrected chi connectivity index (χ0v) is 19.9. The van der Waals surface area contributed by atoms with Gasteiger partial charge >= 0.3 is 6.18 Å². The molecule has 2 heterocycles. The van der Waals surface area contributed by atoms with E-state index in [4.69, 9.17) is 0 Å². The molecule has 0 bridgehead atoms. The monoisotopic (exact) mass is 495 g/mol. The van der Waals surface area contributed by atoms with Crippen molar-refractivity contribution in [3.63, 3.8) is 0 Å². The number of benzene rings is 2. The molecule has 0 unspecified atom stereocenters. The van der Waals surface area contributed by atoms with Gasteiger partial charge in [-0.1, -0.05) is 24.3 Å². The highest BCUT2D eigenvalue weighted by Gasteiger charge is 2.34. The molecule has 0 radical (unpaired) electrons. The number of para-hydroxylation sites is 1. The van der Waals surface area contributed by atoms with Crippen LogP contribution in [-0.4, -0.2) is 32.0 Å². The van der Waals surface area contributed by atoms with E-state index in [1.165, 1.54) is 25.1 Å². The predicted molar refractivity (Wildman–Crippen MR) is 129 cm³/mol. The van der Waals surface area contributed by atoms with Crippen LogP contribution >= 0.6 is 0 Å². The molecule has 0 fully saturated rings. The molecule has 0 aliphatic rings. The molecular formula is C26H24F3N5O2. The minimum Gasteiger partial charge on any atom is -0.350 e. The van der Waals surface area contributed by atoms with Gasteiger partial charge in [0, 0.05) is 24.0 Å². The molecule has 1 amide bonds. The summed E-state index contributed by atoms with van der Waals surface area (Å²) in [4.78, 5) is 25.1. The molecule has 2 aromatic heterocycles. The van der Waals surface area contributed by atoms with E-state index in [9.17, 15) is 22.8 Å². The number of nitrogens with zero attached hydrogens (tertiary/aromatic N) is 4. The van der Waals surface area contributed by atoms with Crippen molar-refractivity contribution in [2.24, 2.45) is 0 Å². The van der Waals surface area contributed by atoms with Crippen molar-refractivity contribution in [1.29, 1.82) is 0 Å². The quantitative estimate of drug-likeness (QED) is 0.432. The first-order valence-electron chi connectivity index (χ1n) is 11.2. The SMILES string of the molecule is Cc1cc(C)n(-c2ccc(CCNC(=O)c3nn(-c4ccccc4C(F)(F)F)c(C)cc3=O)cc2)n1. The lowest BCUT2D eigenvalue weighted by Crippen LogP contribution is -2.33. The van der Waals surface area contributed by atoms with Gasteiger partial charge in [0.1, 0.15) is 0 Å². The van der Waals surface area contributed by atoms with E-state index in [1.807, 2.05) is 48.9 Å². The number of hydrogen-bond donors (Lipinski definition) is 1. The van der Waals surface area contributed by atoms with E-state index in [-0.39, 0.29) is 17.9 Å². The lowest BCUT2D eigenvalue weighted by atomic mass is 10.1. The fourth-order valence-corrected chi connectivity index (χ4v) is 3.94. The highest BCUT2D eigenvalue weighted by atomic mass is 19.4. The molecular weight excluding hydrogens is 471 g/mol. The minimum absolute atomic E-state index is 0.177. The standard InChI is InChI=1S/C26H24F3N5O2/c1-16-14-17(2)33(31-16)20-10-8-19(9-11-20)12-13-30-25(36)24-23(35)15-18(3)34(32-24)22-7-5-4-6-21(22)26(27,28)29/h4-11,14-15H,12-13H2,1-3H3,(H,30,36). The van der Waals surface area contributed by atoms with E-state index in [1.54, 1.807) is 0 Å². The van der Waals surface area contributed by atoms with Gasteiger partial charge in [-0.05, 0) is 63.1 Å². The number of carbonyl (C=O) groups excluding carboxylic acids is 1. The minimum atomic E-state index is -4.62. The summed E-state index contributed by atoms with van der Waals surface area (Å²) < 4.78 is 43.3. The highest BCUT2D eigenvalue weighted by molar-refractivity contribution is 5.92. The van der Waals surface area contributed by atoms with Crippen LogP contribution in [0.5, 0.6) is 0 Å². The first-order chi connectivity index (χ1) is 17.0. The Morgan fingerprint density at radius 3 is 2.22 bits per heavy atom. The van der Waals surface area contributed by atoms with Crippen LogP contribution in [0, 0.1) is 20.8 Å². The maximum Gasteiger partial charge on any atom is 0.418 e. The van der Waals surface area contributed by atoms with Crippen molar-refractivity contribution < 1.29 is 18.0 Å². The van der Waals surface area contributed by atoms with Gasteiger partial charge in [0.2, 0.25) is 5.43 Å². The van der Waals surface area contributed by atoms with Crippen LogP contribution in [0.2, 0.25) is 0 Å². The van der Waals surface area contributed by atoms with E-state index in [0.717, 1.165) is 39.5 Å². The summed E-state index contributed by atoms with van der Waals surface area (Å²) in [6, 6.07) is 15.6. The Labute approximate surface area is 205 Å². The Morgan fingerprint density at radius 1 is 0.917 bits per heavy atom. The van der Waals surface area contributed by atoms with Crippen LogP contribution in [-0.2, 0) is 12.6 Å². The number of aryl methyl sites for hydroxylation is 3. The zero-order valence-electron chi connectivity index (χ0n) is 19.9. The number of carbonyl (C=O) groups is 1. The Balaban J connectivity index is 1.48. The average Bonchev–Trinajstić information content (AvgIpc) is 3.16. The number of hydrogen-bond acceptors (Lipinski definition) is 4. The maximum absolute atomic E-state index is 13.5. The average molecular weight is 496 g/mol. The van der Waals surface area contributed by atoms with Crippen molar-refractivity contribution in [2.45, 2.75) is 33.4 Å². The van der Waals surface area contributed by atoms with Crippen LogP contribution in [0.4, 0.5) is 13.2 Å². The second-order valence-corrected chi connectivity index (χ2v) is 8.44. The summed E-state index contributed by atoms with van der Waals surface area (Å²) in [5, 5.41) is 11.1. The Kier molecular flexibility index (Phi) is 6.78. The summed E-state index contributed by atoms with van der Waals surface area (Å²) in [5.74, 6) is -0.752. The Morgan fingerprint density at radius 2 is 1.58 bits per heavy atom. The molecule has 0 spiro atoms.